The molecule has 0 aliphatic rings. The van der Waals surface area contributed by atoms with Crippen LogP contribution in [-0.4, -0.2) is 15.5 Å². The van der Waals surface area contributed by atoms with Crippen LogP contribution < -0.4 is 11.5 Å². The van der Waals surface area contributed by atoms with Crippen LogP contribution in [-0.2, 0) is 6.54 Å². The molecule has 2 aromatic rings. The maximum absolute atomic E-state index is 5.32. The largest absolute Gasteiger partial charge is 0.370 e. The standard InChI is InChI=1S/C11H13N5.HI/c12-11(13)15-7-9-3-1-2-4-10(9)16-6-5-14-8-16;/h1-6,8H,7H2,(H4,12,13,15);1H. The van der Waals surface area contributed by atoms with E-state index in [0.717, 1.165) is 11.3 Å². The summed E-state index contributed by atoms with van der Waals surface area (Å²) in [4.78, 5) is 8.02. The van der Waals surface area contributed by atoms with Crippen molar-refractivity contribution in [3.8, 4) is 5.69 Å². The number of aromatic nitrogens is 2. The normalized spacial score (nSPS) is 9.41. The lowest BCUT2D eigenvalue weighted by atomic mass is 10.2. The van der Waals surface area contributed by atoms with E-state index in [2.05, 4.69) is 9.98 Å². The maximum atomic E-state index is 5.32. The zero-order valence-corrected chi connectivity index (χ0v) is 11.5. The summed E-state index contributed by atoms with van der Waals surface area (Å²) in [6, 6.07) is 7.91. The topological polar surface area (TPSA) is 82.2 Å². The second-order valence-corrected chi connectivity index (χ2v) is 3.34. The Morgan fingerprint density at radius 2 is 2.06 bits per heavy atom. The summed E-state index contributed by atoms with van der Waals surface area (Å²) in [7, 11) is 0. The van der Waals surface area contributed by atoms with E-state index in [0.29, 0.717) is 6.54 Å². The van der Waals surface area contributed by atoms with Crippen LogP contribution in [0.15, 0.2) is 48.0 Å². The molecule has 5 nitrogen and oxygen atoms in total. The first-order valence-corrected chi connectivity index (χ1v) is 4.89. The highest BCUT2D eigenvalue weighted by molar-refractivity contribution is 14.0. The van der Waals surface area contributed by atoms with Gasteiger partial charge in [0.2, 0.25) is 0 Å². The molecular formula is C11H14IN5. The zero-order valence-electron chi connectivity index (χ0n) is 9.15. The number of aliphatic imine (C=N–C) groups is 1. The van der Waals surface area contributed by atoms with Crippen LogP contribution in [0.4, 0.5) is 0 Å². The molecule has 2 rings (SSSR count). The summed E-state index contributed by atoms with van der Waals surface area (Å²) in [5.74, 6) is 0.0976. The van der Waals surface area contributed by atoms with Crippen LogP contribution in [0, 0.1) is 0 Å². The van der Waals surface area contributed by atoms with Crippen molar-refractivity contribution in [1.82, 2.24) is 9.55 Å². The number of nitrogens with zero attached hydrogens (tertiary/aromatic N) is 3. The van der Waals surface area contributed by atoms with Crippen molar-refractivity contribution in [2.24, 2.45) is 16.5 Å². The number of nitrogens with two attached hydrogens (primary N) is 2. The predicted molar refractivity (Wildman–Crippen MR) is 78.5 cm³/mol. The van der Waals surface area contributed by atoms with Crippen LogP contribution in [0.25, 0.3) is 5.69 Å². The van der Waals surface area contributed by atoms with Gasteiger partial charge in [0, 0.05) is 12.4 Å². The summed E-state index contributed by atoms with van der Waals surface area (Å²) >= 11 is 0. The van der Waals surface area contributed by atoms with Crippen molar-refractivity contribution < 1.29 is 0 Å². The maximum Gasteiger partial charge on any atom is 0.186 e. The minimum atomic E-state index is 0. The molecule has 0 atom stereocenters. The molecular weight excluding hydrogens is 329 g/mol. The van der Waals surface area contributed by atoms with Crippen LogP contribution in [0.2, 0.25) is 0 Å². The molecule has 4 N–H and O–H groups in total. The third-order valence-electron chi connectivity index (χ3n) is 2.21. The second kappa shape index (κ2) is 6.24. The molecule has 17 heavy (non-hydrogen) atoms. The molecule has 0 unspecified atom stereocenters. The van der Waals surface area contributed by atoms with Crippen molar-refractivity contribution >= 4 is 29.9 Å². The minimum Gasteiger partial charge on any atom is -0.370 e. The Kier molecular flexibility index (Phi) is 4.95. The molecule has 6 heteroatoms. The molecule has 0 radical (unpaired) electrons. The van der Waals surface area contributed by atoms with E-state index in [1.165, 1.54) is 0 Å². The highest BCUT2D eigenvalue weighted by Crippen LogP contribution is 2.14. The van der Waals surface area contributed by atoms with Gasteiger partial charge in [-0.15, -0.1) is 24.0 Å². The van der Waals surface area contributed by atoms with Gasteiger partial charge in [-0.25, -0.2) is 9.98 Å². The van der Waals surface area contributed by atoms with Gasteiger partial charge >= 0.3 is 0 Å². The van der Waals surface area contributed by atoms with E-state index in [-0.39, 0.29) is 29.9 Å². The fourth-order valence-electron chi connectivity index (χ4n) is 1.47. The smallest absolute Gasteiger partial charge is 0.186 e. The van der Waals surface area contributed by atoms with Crippen molar-refractivity contribution in [2.45, 2.75) is 6.54 Å². The number of guanidine groups is 1. The van der Waals surface area contributed by atoms with Gasteiger partial charge in [0.1, 0.15) is 0 Å². The summed E-state index contributed by atoms with van der Waals surface area (Å²) in [5.41, 5.74) is 12.7. The fourth-order valence-corrected chi connectivity index (χ4v) is 1.47. The average molecular weight is 343 g/mol. The van der Waals surface area contributed by atoms with Crippen LogP contribution in [0.1, 0.15) is 5.56 Å². The van der Waals surface area contributed by atoms with Gasteiger partial charge in [0.25, 0.3) is 0 Å². The zero-order chi connectivity index (χ0) is 11.4. The summed E-state index contributed by atoms with van der Waals surface area (Å²) in [6.07, 6.45) is 5.36. The Hall–Kier alpha value is -1.57. The minimum absolute atomic E-state index is 0. The first kappa shape index (κ1) is 13.5. The molecule has 0 spiro atoms. The molecule has 0 bridgehead atoms. The Balaban J connectivity index is 0.00000144. The number of para-hydroxylation sites is 1. The van der Waals surface area contributed by atoms with Gasteiger partial charge in [-0.05, 0) is 11.6 Å². The number of benzene rings is 1. The first-order chi connectivity index (χ1) is 7.77. The number of hydrogen-bond acceptors (Lipinski definition) is 2. The monoisotopic (exact) mass is 343 g/mol. The van der Waals surface area contributed by atoms with E-state index < -0.39 is 0 Å². The Bertz CT molecular complexity index is 488. The molecule has 0 aliphatic heterocycles. The fraction of sp³-hybridized carbons (Fsp3) is 0.0909. The van der Waals surface area contributed by atoms with E-state index in [4.69, 9.17) is 11.5 Å². The molecule has 0 aliphatic carbocycles. The highest BCUT2D eigenvalue weighted by atomic mass is 127. The van der Waals surface area contributed by atoms with E-state index in [1.807, 2.05) is 35.0 Å². The highest BCUT2D eigenvalue weighted by Gasteiger charge is 2.02. The van der Waals surface area contributed by atoms with Gasteiger partial charge < -0.3 is 16.0 Å². The third kappa shape index (κ3) is 3.45. The third-order valence-corrected chi connectivity index (χ3v) is 2.21. The molecule has 0 saturated heterocycles. The van der Waals surface area contributed by atoms with Crippen LogP contribution in [0.5, 0.6) is 0 Å². The molecule has 1 aromatic heterocycles. The average Bonchev–Trinajstić information content (AvgIpc) is 2.80. The van der Waals surface area contributed by atoms with Crippen molar-refractivity contribution in [2.75, 3.05) is 0 Å². The molecule has 1 heterocycles. The van der Waals surface area contributed by atoms with Gasteiger partial charge in [0.05, 0.1) is 18.6 Å². The molecule has 1 aromatic carbocycles. The Morgan fingerprint density at radius 1 is 1.29 bits per heavy atom. The quantitative estimate of drug-likeness (QED) is 0.500. The molecule has 0 saturated carbocycles. The summed E-state index contributed by atoms with van der Waals surface area (Å²) in [6.45, 7) is 0.469. The van der Waals surface area contributed by atoms with Gasteiger partial charge in [-0.2, -0.15) is 0 Å². The summed E-state index contributed by atoms with van der Waals surface area (Å²) < 4.78 is 1.93. The van der Waals surface area contributed by atoms with Gasteiger partial charge in [-0.1, -0.05) is 18.2 Å². The van der Waals surface area contributed by atoms with Crippen molar-refractivity contribution in [1.29, 1.82) is 0 Å². The molecule has 0 fully saturated rings. The van der Waals surface area contributed by atoms with Crippen LogP contribution in [0.3, 0.4) is 0 Å². The lowest BCUT2D eigenvalue weighted by Gasteiger charge is -2.07. The van der Waals surface area contributed by atoms with E-state index in [9.17, 15) is 0 Å². The molecule has 0 amide bonds. The molecule has 90 valence electrons. The van der Waals surface area contributed by atoms with Crippen molar-refractivity contribution in [3.05, 3.63) is 48.5 Å². The lowest BCUT2D eigenvalue weighted by molar-refractivity contribution is 0.978. The van der Waals surface area contributed by atoms with Gasteiger partial charge in [-0.3, -0.25) is 0 Å². The number of halogens is 1. The predicted octanol–water partition coefficient (Wildman–Crippen LogP) is 1.26. The Labute approximate surface area is 117 Å². The van der Waals surface area contributed by atoms with E-state index in [1.54, 1.807) is 12.5 Å². The van der Waals surface area contributed by atoms with Crippen molar-refractivity contribution in [3.63, 3.8) is 0 Å². The lowest BCUT2D eigenvalue weighted by Crippen LogP contribution is -2.22. The number of hydrogen-bond donors (Lipinski definition) is 2. The second-order valence-electron chi connectivity index (χ2n) is 3.34. The van der Waals surface area contributed by atoms with Gasteiger partial charge in [0.15, 0.2) is 5.96 Å². The Morgan fingerprint density at radius 3 is 2.71 bits per heavy atom. The number of imidazole rings is 1. The SMILES string of the molecule is I.NC(N)=NCc1ccccc1-n1ccnc1. The first-order valence-electron chi connectivity index (χ1n) is 4.89. The van der Waals surface area contributed by atoms with E-state index >= 15 is 0 Å². The van der Waals surface area contributed by atoms with Crippen LogP contribution >= 0.6 is 24.0 Å². The summed E-state index contributed by atoms with van der Waals surface area (Å²) in [5, 5.41) is 0. The number of rotatable bonds is 3.